The summed E-state index contributed by atoms with van der Waals surface area (Å²) in [6.45, 7) is 5.24. The first-order valence-corrected chi connectivity index (χ1v) is 8.37. The second-order valence-electron chi connectivity index (χ2n) is 5.48. The maximum atomic E-state index is 5.59. The Kier molecular flexibility index (Phi) is 4.42. The van der Waals surface area contributed by atoms with Crippen LogP contribution < -0.4 is 5.32 Å². The van der Waals surface area contributed by atoms with Gasteiger partial charge in [0.15, 0.2) is 0 Å². The van der Waals surface area contributed by atoms with Crippen LogP contribution in [0.1, 0.15) is 36.5 Å². The van der Waals surface area contributed by atoms with E-state index in [4.69, 9.17) is 4.42 Å². The molecule has 1 atom stereocenters. The minimum Gasteiger partial charge on any atom is -0.466 e. The van der Waals surface area contributed by atoms with E-state index in [2.05, 4.69) is 48.0 Å². The Morgan fingerprint density at radius 2 is 2.05 bits per heavy atom. The van der Waals surface area contributed by atoms with Crippen molar-refractivity contribution in [2.45, 2.75) is 32.7 Å². The molecule has 1 aromatic carbocycles. The quantitative estimate of drug-likeness (QED) is 0.642. The summed E-state index contributed by atoms with van der Waals surface area (Å²) in [5.74, 6) is 2.08. The molecular weight excluding hydrogens is 278 g/mol. The van der Waals surface area contributed by atoms with Crippen molar-refractivity contribution >= 4 is 21.4 Å². The summed E-state index contributed by atoms with van der Waals surface area (Å²) < 4.78 is 6.96. The molecule has 0 fully saturated rings. The lowest BCUT2D eigenvalue weighted by atomic mass is 10.1. The molecule has 3 aromatic rings. The van der Waals surface area contributed by atoms with Gasteiger partial charge in [0, 0.05) is 17.2 Å². The molecule has 2 heterocycles. The molecule has 0 aliphatic heterocycles. The number of hydrogen-bond acceptors (Lipinski definition) is 3. The molecule has 3 heteroatoms. The summed E-state index contributed by atoms with van der Waals surface area (Å²) >= 11 is 1.83. The van der Waals surface area contributed by atoms with E-state index in [0.717, 1.165) is 30.9 Å². The van der Waals surface area contributed by atoms with Crippen LogP contribution in [0, 0.1) is 6.92 Å². The van der Waals surface area contributed by atoms with E-state index in [0.29, 0.717) is 6.04 Å². The van der Waals surface area contributed by atoms with Crippen LogP contribution in [0.5, 0.6) is 0 Å². The zero-order valence-electron chi connectivity index (χ0n) is 12.6. The minimum absolute atomic E-state index is 0.388. The molecule has 0 aliphatic carbocycles. The normalized spacial score (nSPS) is 12.9. The molecule has 21 heavy (non-hydrogen) atoms. The zero-order chi connectivity index (χ0) is 14.7. The van der Waals surface area contributed by atoms with E-state index in [1.165, 1.54) is 15.6 Å². The van der Waals surface area contributed by atoms with Gasteiger partial charge in [-0.25, -0.2) is 0 Å². The third kappa shape index (κ3) is 3.36. The summed E-state index contributed by atoms with van der Waals surface area (Å²) in [6, 6.07) is 13.1. The van der Waals surface area contributed by atoms with Crippen LogP contribution in [0.4, 0.5) is 0 Å². The van der Waals surface area contributed by atoms with Crippen molar-refractivity contribution < 1.29 is 4.42 Å². The number of benzene rings is 1. The van der Waals surface area contributed by atoms with Gasteiger partial charge in [-0.2, -0.15) is 0 Å². The van der Waals surface area contributed by atoms with Gasteiger partial charge in [0.05, 0.1) is 0 Å². The van der Waals surface area contributed by atoms with E-state index in [-0.39, 0.29) is 0 Å². The standard InChI is InChI=1S/C18H21NOS/c1-13-9-10-15(20-13)6-5-11-19-14(2)17-12-21-18-8-4-3-7-16(17)18/h3-4,7-10,12,14,19H,5-6,11H2,1-2H3. The molecule has 0 aliphatic rings. The maximum Gasteiger partial charge on any atom is 0.104 e. The number of furan rings is 1. The van der Waals surface area contributed by atoms with Crippen molar-refractivity contribution in [1.82, 2.24) is 5.32 Å². The van der Waals surface area contributed by atoms with Crippen molar-refractivity contribution in [3.63, 3.8) is 0 Å². The predicted molar refractivity (Wildman–Crippen MR) is 90.0 cm³/mol. The van der Waals surface area contributed by atoms with E-state index >= 15 is 0 Å². The van der Waals surface area contributed by atoms with Crippen LogP contribution in [0.3, 0.4) is 0 Å². The second-order valence-corrected chi connectivity index (χ2v) is 6.39. The van der Waals surface area contributed by atoms with Gasteiger partial charge in [0.2, 0.25) is 0 Å². The Bertz CT molecular complexity index is 713. The third-order valence-electron chi connectivity index (χ3n) is 3.82. The number of thiophene rings is 1. The van der Waals surface area contributed by atoms with Gasteiger partial charge in [-0.1, -0.05) is 18.2 Å². The number of aryl methyl sites for hydroxylation is 2. The predicted octanol–water partition coefficient (Wildman–Crippen LogP) is 5.09. The number of rotatable bonds is 6. The van der Waals surface area contributed by atoms with Gasteiger partial charge in [-0.05, 0) is 61.3 Å². The number of nitrogens with one attached hydrogen (secondary N) is 1. The molecule has 0 bridgehead atoms. The average Bonchev–Trinajstić information content (AvgIpc) is 3.09. The first-order valence-electron chi connectivity index (χ1n) is 7.49. The molecule has 0 amide bonds. The van der Waals surface area contributed by atoms with E-state index < -0.39 is 0 Å². The van der Waals surface area contributed by atoms with Crippen LogP contribution in [0.15, 0.2) is 46.2 Å². The summed E-state index contributed by atoms with van der Waals surface area (Å²) in [6.07, 6.45) is 2.09. The van der Waals surface area contributed by atoms with Gasteiger partial charge in [0.25, 0.3) is 0 Å². The second kappa shape index (κ2) is 6.46. The van der Waals surface area contributed by atoms with E-state index in [1.807, 2.05) is 24.3 Å². The molecule has 0 radical (unpaired) electrons. The van der Waals surface area contributed by atoms with Crippen molar-refractivity contribution in [3.8, 4) is 0 Å². The molecule has 3 rings (SSSR count). The van der Waals surface area contributed by atoms with Gasteiger partial charge >= 0.3 is 0 Å². The number of hydrogen-bond donors (Lipinski definition) is 1. The molecule has 0 saturated carbocycles. The lowest BCUT2D eigenvalue weighted by Gasteiger charge is -2.13. The fraction of sp³-hybridized carbons (Fsp3) is 0.333. The Morgan fingerprint density at radius 3 is 2.86 bits per heavy atom. The first-order chi connectivity index (χ1) is 10.2. The molecule has 110 valence electrons. The highest BCUT2D eigenvalue weighted by molar-refractivity contribution is 7.17. The van der Waals surface area contributed by atoms with Crippen molar-refractivity contribution in [1.29, 1.82) is 0 Å². The summed E-state index contributed by atoms with van der Waals surface area (Å²) in [7, 11) is 0. The Balaban J connectivity index is 1.53. The molecular formula is C18H21NOS. The van der Waals surface area contributed by atoms with E-state index in [1.54, 1.807) is 0 Å². The fourth-order valence-corrected chi connectivity index (χ4v) is 3.70. The molecule has 2 aromatic heterocycles. The highest BCUT2D eigenvalue weighted by Gasteiger charge is 2.10. The van der Waals surface area contributed by atoms with Gasteiger partial charge in [-0.15, -0.1) is 11.3 Å². The largest absolute Gasteiger partial charge is 0.466 e. The lowest BCUT2D eigenvalue weighted by molar-refractivity contribution is 0.467. The Morgan fingerprint density at radius 1 is 1.19 bits per heavy atom. The Labute approximate surface area is 129 Å². The van der Waals surface area contributed by atoms with Gasteiger partial charge in [0.1, 0.15) is 11.5 Å². The topological polar surface area (TPSA) is 25.2 Å². The molecule has 1 unspecified atom stereocenters. The minimum atomic E-state index is 0.388. The molecule has 0 spiro atoms. The molecule has 2 nitrogen and oxygen atoms in total. The lowest BCUT2D eigenvalue weighted by Crippen LogP contribution is -2.20. The van der Waals surface area contributed by atoms with Crippen LogP contribution in [0.2, 0.25) is 0 Å². The maximum absolute atomic E-state index is 5.59. The van der Waals surface area contributed by atoms with Crippen molar-refractivity contribution in [2.75, 3.05) is 6.54 Å². The number of fused-ring (bicyclic) bond motifs is 1. The fourth-order valence-electron chi connectivity index (χ4n) is 2.64. The smallest absolute Gasteiger partial charge is 0.104 e. The third-order valence-corrected chi connectivity index (χ3v) is 4.81. The zero-order valence-corrected chi connectivity index (χ0v) is 13.4. The van der Waals surface area contributed by atoms with Crippen molar-refractivity contribution in [3.05, 3.63) is 58.9 Å². The summed E-state index contributed by atoms with van der Waals surface area (Å²) in [4.78, 5) is 0. The van der Waals surface area contributed by atoms with Crippen LogP contribution in [-0.2, 0) is 6.42 Å². The summed E-state index contributed by atoms with van der Waals surface area (Å²) in [5.41, 5.74) is 1.41. The molecule has 0 saturated heterocycles. The van der Waals surface area contributed by atoms with Crippen LogP contribution in [0.25, 0.3) is 10.1 Å². The Hall–Kier alpha value is -1.58. The SMILES string of the molecule is Cc1ccc(CCCNC(C)c2csc3ccccc23)o1. The molecule has 1 N–H and O–H groups in total. The van der Waals surface area contributed by atoms with Crippen LogP contribution >= 0.6 is 11.3 Å². The van der Waals surface area contributed by atoms with Gasteiger partial charge in [-0.3, -0.25) is 0 Å². The summed E-state index contributed by atoms with van der Waals surface area (Å²) in [5, 5.41) is 7.27. The monoisotopic (exact) mass is 299 g/mol. The van der Waals surface area contributed by atoms with E-state index in [9.17, 15) is 0 Å². The highest BCUT2D eigenvalue weighted by Crippen LogP contribution is 2.29. The van der Waals surface area contributed by atoms with Crippen LogP contribution in [-0.4, -0.2) is 6.54 Å². The van der Waals surface area contributed by atoms with Gasteiger partial charge < -0.3 is 9.73 Å². The average molecular weight is 299 g/mol. The highest BCUT2D eigenvalue weighted by atomic mass is 32.1. The first kappa shape index (κ1) is 14.4. The van der Waals surface area contributed by atoms with Crippen molar-refractivity contribution in [2.24, 2.45) is 0 Å².